The van der Waals surface area contributed by atoms with Gasteiger partial charge in [0.15, 0.2) is 0 Å². The quantitative estimate of drug-likeness (QED) is 0.591. The van der Waals surface area contributed by atoms with Crippen molar-refractivity contribution in [1.82, 2.24) is 10.3 Å². The Morgan fingerprint density at radius 3 is 2.87 bits per heavy atom. The summed E-state index contributed by atoms with van der Waals surface area (Å²) in [6.45, 7) is 0.0468. The molecule has 6 heteroatoms. The number of hydrogen-bond donors (Lipinski definition) is 3. The zero-order valence-corrected chi connectivity index (χ0v) is 8.03. The number of H-pyrrole nitrogens is 1. The van der Waals surface area contributed by atoms with Gasteiger partial charge in [0.05, 0.1) is 12.2 Å². The molecule has 2 heterocycles. The van der Waals surface area contributed by atoms with Crippen LogP contribution in [-0.4, -0.2) is 22.7 Å². The van der Waals surface area contributed by atoms with Crippen molar-refractivity contribution in [3.05, 3.63) is 32.7 Å². The smallest absolute Gasteiger partial charge is 0.417 e. The van der Waals surface area contributed by atoms with E-state index in [4.69, 9.17) is 5.11 Å². The van der Waals surface area contributed by atoms with Gasteiger partial charge in [-0.05, 0) is 12.8 Å². The number of aromatic nitrogens is 1. The minimum Gasteiger partial charge on any atom is -0.417 e. The molecule has 1 saturated heterocycles. The van der Waals surface area contributed by atoms with E-state index in [1.807, 2.05) is 0 Å². The number of rotatable bonds is 2. The van der Waals surface area contributed by atoms with Gasteiger partial charge in [-0.15, -0.1) is 0 Å². The van der Waals surface area contributed by atoms with E-state index < -0.39 is 11.3 Å². The molecular weight excluding hydrogens is 200 g/mol. The largest absolute Gasteiger partial charge is 0.419 e. The van der Waals surface area contributed by atoms with Gasteiger partial charge in [-0.2, -0.15) is 0 Å². The first-order chi connectivity index (χ1) is 7.20. The Balaban J connectivity index is 2.24. The number of aliphatic hydroxyl groups excluding tert-OH is 1. The second-order valence-electron chi connectivity index (χ2n) is 3.61. The minimum atomic E-state index is -0.750. The van der Waals surface area contributed by atoms with Crippen LogP contribution in [0.25, 0.3) is 0 Å². The summed E-state index contributed by atoms with van der Waals surface area (Å²) < 4.78 is 4.61. The fraction of sp³-hybridized carbons (Fsp3) is 0.556. The maximum atomic E-state index is 11.4. The first kappa shape index (κ1) is 10.1. The number of aromatic amines is 1. The zero-order valence-electron chi connectivity index (χ0n) is 8.03. The maximum absolute atomic E-state index is 11.4. The molecular formula is C9H12N2O4. The third-order valence-corrected chi connectivity index (χ3v) is 2.61. The van der Waals surface area contributed by atoms with Crippen molar-refractivity contribution < 1.29 is 9.52 Å². The highest BCUT2D eigenvalue weighted by Crippen LogP contribution is 2.23. The average Bonchev–Trinajstić information content (AvgIpc) is 2.66. The first-order valence-corrected chi connectivity index (χ1v) is 4.79. The molecule has 2 unspecified atom stereocenters. The van der Waals surface area contributed by atoms with Crippen LogP contribution in [0.4, 0.5) is 0 Å². The molecule has 0 spiro atoms. The second-order valence-corrected chi connectivity index (χ2v) is 3.61. The molecule has 1 fully saturated rings. The lowest BCUT2D eigenvalue weighted by Gasteiger charge is -2.10. The van der Waals surface area contributed by atoms with Gasteiger partial charge in [-0.3, -0.25) is 9.78 Å². The first-order valence-electron chi connectivity index (χ1n) is 4.79. The second kappa shape index (κ2) is 4.00. The molecule has 0 saturated carbocycles. The lowest BCUT2D eigenvalue weighted by Crippen LogP contribution is -2.31. The Hall–Kier alpha value is -1.40. The number of aliphatic hydroxyl groups is 1. The highest BCUT2D eigenvalue weighted by Gasteiger charge is 2.26. The van der Waals surface area contributed by atoms with E-state index >= 15 is 0 Å². The van der Waals surface area contributed by atoms with E-state index in [9.17, 15) is 9.59 Å². The van der Waals surface area contributed by atoms with Gasteiger partial charge in [0.25, 0.3) is 5.56 Å². The highest BCUT2D eigenvalue weighted by atomic mass is 16.4. The molecule has 6 nitrogen and oxygen atoms in total. The molecule has 1 aliphatic rings. The van der Waals surface area contributed by atoms with E-state index in [1.54, 1.807) is 0 Å². The summed E-state index contributed by atoms with van der Waals surface area (Å²) in [6.07, 6.45) is 2.74. The van der Waals surface area contributed by atoms with Crippen LogP contribution in [0.2, 0.25) is 0 Å². The monoisotopic (exact) mass is 212 g/mol. The lowest BCUT2D eigenvalue weighted by molar-refractivity contribution is 0.251. The number of nitrogens with one attached hydrogen (secondary N) is 2. The molecule has 0 bridgehead atoms. The summed E-state index contributed by atoms with van der Waals surface area (Å²) in [5.74, 6) is -0.750. The van der Waals surface area contributed by atoms with Crippen molar-refractivity contribution in [2.45, 2.75) is 24.9 Å². The summed E-state index contributed by atoms with van der Waals surface area (Å²) in [4.78, 5) is 24.2. The summed E-state index contributed by atoms with van der Waals surface area (Å²) in [5.41, 5.74) is -0.0205. The third-order valence-electron chi connectivity index (χ3n) is 2.61. The molecule has 2 atom stereocenters. The van der Waals surface area contributed by atoms with Crippen molar-refractivity contribution in [2.75, 3.05) is 6.61 Å². The van der Waals surface area contributed by atoms with Crippen LogP contribution in [-0.2, 0) is 0 Å². The molecule has 3 N–H and O–H groups in total. The van der Waals surface area contributed by atoms with Gasteiger partial charge >= 0.3 is 5.76 Å². The molecule has 0 aliphatic carbocycles. The Morgan fingerprint density at radius 1 is 1.47 bits per heavy atom. The summed E-state index contributed by atoms with van der Waals surface area (Å²) in [7, 11) is 0. The molecule has 82 valence electrons. The predicted octanol–water partition coefficient (Wildman–Crippen LogP) is -0.887. The van der Waals surface area contributed by atoms with Crippen LogP contribution in [0.15, 0.2) is 20.3 Å². The van der Waals surface area contributed by atoms with E-state index in [0.29, 0.717) is 5.56 Å². The fourth-order valence-electron chi connectivity index (χ4n) is 1.81. The van der Waals surface area contributed by atoms with E-state index in [1.165, 1.54) is 6.26 Å². The molecule has 2 rings (SSSR count). The van der Waals surface area contributed by atoms with Crippen LogP contribution in [0, 0.1) is 0 Å². The Kier molecular flexibility index (Phi) is 2.70. The molecule has 0 amide bonds. The van der Waals surface area contributed by atoms with Crippen LogP contribution in [0.5, 0.6) is 0 Å². The van der Waals surface area contributed by atoms with Gasteiger partial charge < -0.3 is 14.8 Å². The SMILES string of the molecule is O=c1[nH]c(=O)c(C2CCC(CO)N2)co1. The van der Waals surface area contributed by atoms with Crippen molar-refractivity contribution in [3.8, 4) is 0 Å². The zero-order chi connectivity index (χ0) is 10.8. The molecule has 15 heavy (non-hydrogen) atoms. The van der Waals surface area contributed by atoms with Gasteiger partial charge in [0, 0.05) is 12.1 Å². The van der Waals surface area contributed by atoms with Crippen molar-refractivity contribution >= 4 is 0 Å². The number of hydrogen-bond acceptors (Lipinski definition) is 5. The van der Waals surface area contributed by atoms with Crippen LogP contribution in [0.3, 0.4) is 0 Å². The fourth-order valence-corrected chi connectivity index (χ4v) is 1.81. The lowest BCUT2D eigenvalue weighted by atomic mass is 10.1. The standard InChI is InChI=1S/C9H12N2O4/c12-3-5-1-2-7(10-5)6-4-15-9(14)11-8(6)13/h4-5,7,10,12H,1-3H2,(H,11,13,14). The van der Waals surface area contributed by atoms with Gasteiger partial charge in [-0.25, -0.2) is 4.79 Å². The third kappa shape index (κ3) is 2.00. The van der Waals surface area contributed by atoms with Crippen molar-refractivity contribution in [2.24, 2.45) is 0 Å². The average molecular weight is 212 g/mol. The topological polar surface area (TPSA) is 95.3 Å². The van der Waals surface area contributed by atoms with Gasteiger partial charge in [0.1, 0.15) is 6.26 Å². The molecule has 0 aromatic carbocycles. The van der Waals surface area contributed by atoms with E-state index in [-0.39, 0.29) is 18.7 Å². The summed E-state index contributed by atoms with van der Waals surface area (Å²) in [5, 5.41) is 12.0. The van der Waals surface area contributed by atoms with E-state index in [0.717, 1.165) is 12.8 Å². The predicted molar refractivity (Wildman–Crippen MR) is 51.6 cm³/mol. The van der Waals surface area contributed by atoms with Crippen LogP contribution >= 0.6 is 0 Å². The van der Waals surface area contributed by atoms with E-state index in [2.05, 4.69) is 14.7 Å². The van der Waals surface area contributed by atoms with Crippen LogP contribution < -0.4 is 16.6 Å². The molecule has 0 radical (unpaired) electrons. The Bertz CT molecular complexity index is 450. The Labute approximate surface area is 84.9 Å². The molecule has 1 aliphatic heterocycles. The highest BCUT2D eigenvalue weighted by molar-refractivity contribution is 5.10. The summed E-state index contributed by atoms with van der Waals surface area (Å²) in [6, 6.07) is -0.128. The van der Waals surface area contributed by atoms with Gasteiger partial charge in [0.2, 0.25) is 0 Å². The maximum Gasteiger partial charge on any atom is 0.419 e. The minimum absolute atomic E-state index is 0.0151. The van der Waals surface area contributed by atoms with Crippen molar-refractivity contribution in [1.29, 1.82) is 0 Å². The van der Waals surface area contributed by atoms with Crippen LogP contribution in [0.1, 0.15) is 24.4 Å². The molecule has 1 aromatic heterocycles. The normalized spacial score (nSPS) is 25.7. The summed E-state index contributed by atoms with van der Waals surface area (Å²) >= 11 is 0. The van der Waals surface area contributed by atoms with Crippen molar-refractivity contribution in [3.63, 3.8) is 0 Å². The van der Waals surface area contributed by atoms with Gasteiger partial charge in [-0.1, -0.05) is 0 Å². The Morgan fingerprint density at radius 2 is 2.27 bits per heavy atom. The molecule has 1 aromatic rings.